The van der Waals surface area contributed by atoms with Crippen molar-refractivity contribution in [1.82, 2.24) is 19.0 Å². The van der Waals surface area contributed by atoms with E-state index in [1.807, 2.05) is 20.8 Å². The summed E-state index contributed by atoms with van der Waals surface area (Å²) in [4.78, 5) is 14.3. The van der Waals surface area contributed by atoms with Gasteiger partial charge in [0.15, 0.2) is 0 Å². The van der Waals surface area contributed by atoms with Crippen molar-refractivity contribution in [2.24, 2.45) is 12.5 Å². The average Bonchev–Trinajstić information content (AvgIpc) is 2.72. The molecule has 1 fully saturated rings. The third kappa shape index (κ3) is 3.49. The largest absolute Gasteiger partial charge is 0.341 e. The maximum atomic E-state index is 12.6. The molecule has 0 N–H and O–H groups in total. The van der Waals surface area contributed by atoms with E-state index < -0.39 is 15.4 Å². The third-order valence-electron chi connectivity index (χ3n) is 3.70. The van der Waals surface area contributed by atoms with Crippen molar-refractivity contribution in [3.63, 3.8) is 0 Å². The smallest absolute Gasteiger partial charge is 0.246 e. The van der Waals surface area contributed by atoms with Gasteiger partial charge in [-0.1, -0.05) is 20.8 Å². The fourth-order valence-corrected chi connectivity index (χ4v) is 3.95. The number of aromatic nitrogens is 2. The first-order chi connectivity index (χ1) is 10.1. The Hall–Kier alpha value is -1.41. The second-order valence-corrected chi connectivity index (χ2v) is 8.59. The van der Waals surface area contributed by atoms with Gasteiger partial charge in [0.25, 0.3) is 0 Å². The van der Waals surface area contributed by atoms with E-state index in [2.05, 4.69) is 5.10 Å². The van der Waals surface area contributed by atoms with Crippen LogP contribution in [-0.2, 0) is 21.9 Å². The number of nitrogens with zero attached hydrogens (tertiary/aromatic N) is 4. The summed E-state index contributed by atoms with van der Waals surface area (Å²) in [5.41, 5.74) is -0.447. The van der Waals surface area contributed by atoms with Crippen LogP contribution in [0.1, 0.15) is 27.2 Å². The van der Waals surface area contributed by atoms with E-state index in [0.717, 1.165) is 0 Å². The first-order valence-corrected chi connectivity index (χ1v) is 8.84. The molecule has 0 aromatic carbocycles. The van der Waals surface area contributed by atoms with Crippen LogP contribution >= 0.6 is 0 Å². The molecule has 2 rings (SSSR count). The highest BCUT2D eigenvalue weighted by Crippen LogP contribution is 2.21. The van der Waals surface area contributed by atoms with Crippen LogP contribution in [0.4, 0.5) is 0 Å². The SMILES string of the molecule is Cn1cc(S(=O)(=O)N2CCCN(C(=O)C(C)(C)C)CC2)cn1. The lowest BCUT2D eigenvalue weighted by Crippen LogP contribution is -2.42. The van der Waals surface area contributed by atoms with Gasteiger partial charge in [0, 0.05) is 44.8 Å². The molecule has 1 aliphatic rings. The van der Waals surface area contributed by atoms with E-state index >= 15 is 0 Å². The highest BCUT2D eigenvalue weighted by molar-refractivity contribution is 7.89. The number of hydrogen-bond acceptors (Lipinski definition) is 4. The predicted octanol–water partition coefficient (Wildman–Crippen LogP) is 0.689. The lowest BCUT2D eigenvalue weighted by molar-refractivity contribution is -0.139. The fourth-order valence-electron chi connectivity index (χ4n) is 2.49. The van der Waals surface area contributed by atoms with Crippen LogP contribution in [0.3, 0.4) is 0 Å². The van der Waals surface area contributed by atoms with Gasteiger partial charge in [0.1, 0.15) is 4.90 Å². The molecule has 0 aliphatic carbocycles. The molecule has 0 atom stereocenters. The van der Waals surface area contributed by atoms with E-state index in [9.17, 15) is 13.2 Å². The van der Waals surface area contributed by atoms with Gasteiger partial charge in [-0.2, -0.15) is 9.40 Å². The van der Waals surface area contributed by atoms with Crippen LogP contribution in [0.5, 0.6) is 0 Å². The second kappa shape index (κ2) is 6.00. The van der Waals surface area contributed by atoms with Gasteiger partial charge < -0.3 is 4.90 Å². The summed E-state index contributed by atoms with van der Waals surface area (Å²) >= 11 is 0. The Morgan fingerprint density at radius 1 is 1.18 bits per heavy atom. The molecule has 7 nitrogen and oxygen atoms in total. The summed E-state index contributed by atoms with van der Waals surface area (Å²) in [6.45, 7) is 7.40. The Kier molecular flexibility index (Phi) is 4.62. The zero-order valence-corrected chi connectivity index (χ0v) is 14.4. The average molecular weight is 328 g/mol. The lowest BCUT2D eigenvalue weighted by atomic mass is 9.94. The molecule has 0 unspecified atom stereocenters. The molecule has 1 aromatic rings. The molecule has 22 heavy (non-hydrogen) atoms. The molecule has 1 aromatic heterocycles. The minimum Gasteiger partial charge on any atom is -0.341 e. The van der Waals surface area contributed by atoms with Crippen LogP contribution in [0, 0.1) is 5.41 Å². The normalized spacial score (nSPS) is 18.3. The molecule has 0 saturated carbocycles. The van der Waals surface area contributed by atoms with Crippen LogP contribution in [0.25, 0.3) is 0 Å². The molecule has 2 heterocycles. The number of aryl methyl sites for hydroxylation is 1. The molecule has 0 spiro atoms. The van der Waals surface area contributed by atoms with Crippen molar-refractivity contribution in [3.8, 4) is 0 Å². The van der Waals surface area contributed by atoms with Crippen molar-refractivity contribution in [1.29, 1.82) is 0 Å². The number of hydrogen-bond donors (Lipinski definition) is 0. The summed E-state index contributed by atoms with van der Waals surface area (Å²) in [7, 11) is -1.85. The first-order valence-electron chi connectivity index (χ1n) is 7.40. The highest BCUT2D eigenvalue weighted by Gasteiger charge is 2.32. The number of amides is 1. The Labute approximate surface area is 131 Å². The first kappa shape index (κ1) is 17.0. The molecule has 1 saturated heterocycles. The summed E-state index contributed by atoms with van der Waals surface area (Å²) in [5.74, 6) is 0.0631. The van der Waals surface area contributed by atoms with Crippen molar-refractivity contribution in [2.45, 2.75) is 32.1 Å². The summed E-state index contributed by atoms with van der Waals surface area (Å²) in [5, 5.41) is 3.92. The Bertz CT molecular complexity index is 645. The number of rotatable bonds is 2. The van der Waals surface area contributed by atoms with Crippen LogP contribution in [-0.4, -0.2) is 59.5 Å². The van der Waals surface area contributed by atoms with Gasteiger partial charge >= 0.3 is 0 Å². The molecule has 0 bridgehead atoms. The van der Waals surface area contributed by atoms with Crippen molar-refractivity contribution in [2.75, 3.05) is 26.2 Å². The molecule has 1 aliphatic heterocycles. The lowest BCUT2D eigenvalue weighted by Gasteiger charge is -2.28. The zero-order valence-electron chi connectivity index (χ0n) is 13.6. The molecule has 0 radical (unpaired) electrons. The minimum atomic E-state index is -3.54. The predicted molar refractivity (Wildman–Crippen MR) is 82.6 cm³/mol. The Morgan fingerprint density at radius 2 is 1.86 bits per heavy atom. The van der Waals surface area contributed by atoms with E-state index in [-0.39, 0.29) is 10.8 Å². The summed E-state index contributed by atoms with van der Waals surface area (Å²) in [6.07, 6.45) is 3.50. The number of carbonyl (C=O) groups excluding carboxylic acids is 1. The van der Waals surface area contributed by atoms with E-state index in [0.29, 0.717) is 32.6 Å². The number of carbonyl (C=O) groups is 1. The third-order valence-corrected chi connectivity index (χ3v) is 5.55. The van der Waals surface area contributed by atoms with Gasteiger partial charge in [-0.15, -0.1) is 0 Å². The standard InChI is InChI=1S/C14H24N4O3S/c1-14(2,3)13(19)17-6-5-7-18(9-8-17)22(20,21)12-10-15-16(4)11-12/h10-11H,5-9H2,1-4H3. The van der Waals surface area contributed by atoms with Crippen molar-refractivity contribution >= 4 is 15.9 Å². The monoisotopic (exact) mass is 328 g/mol. The van der Waals surface area contributed by atoms with Gasteiger partial charge in [-0.25, -0.2) is 8.42 Å². The minimum absolute atomic E-state index is 0.0631. The quantitative estimate of drug-likeness (QED) is 0.800. The van der Waals surface area contributed by atoms with Gasteiger partial charge in [-0.05, 0) is 6.42 Å². The highest BCUT2D eigenvalue weighted by atomic mass is 32.2. The fraction of sp³-hybridized carbons (Fsp3) is 0.714. The molecule has 8 heteroatoms. The Morgan fingerprint density at radius 3 is 2.41 bits per heavy atom. The van der Waals surface area contributed by atoms with E-state index in [4.69, 9.17) is 0 Å². The molecule has 1 amide bonds. The van der Waals surface area contributed by atoms with E-state index in [1.54, 1.807) is 11.9 Å². The molecular formula is C14H24N4O3S. The van der Waals surface area contributed by atoms with Gasteiger partial charge in [0.2, 0.25) is 15.9 Å². The van der Waals surface area contributed by atoms with Crippen LogP contribution in [0.2, 0.25) is 0 Å². The zero-order chi connectivity index (χ0) is 16.5. The summed E-state index contributed by atoms with van der Waals surface area (Å²) < 4.78 is 28.1. The molecular weight excluding hydrogens is 304 g/mol. The summed E-state index contributed by atoms with van der Waals surface area (Å²) in [6, 6.07) is 0. The maximum absolute atomic E-state index is 12.6. The van der Waals surface area contributed by atoms with E-state index in [1.165, 1.54) is 21.4 Å². The Balaban J connectivity index is 2.12. The van der Waals surface area contributed by atoms with Crippen LogP contribution in [0.15, 0.2) is 17.3 Å². The maximum Gasteiger partial charge on any atom is 0.246 e. The molecule has 124 valence electrons. The van der Waals surface area contributed by atoms with Crippen molar-refractivity contribution < 1.29 is 13.2 Å². The topological polar surface area (TPSA) is 75.5 Å². The van der Waals surface area contributed by atoms with Gasteiger partial charge in [0.05, 0.1) is 6.20 Å². The number of sulfonamides is 1. The van der Waals surface area contributed by atoms with Crippen molar-refractivity contribution in [3.05, 3.63) is 12.4 Å². The second-order valence-electron chi connectivity index (χ2n) is 6.65. The van der Waals surface area contributed by atoms with Crippen LogP contribution < -0.4 is 0 Å². The van der Waals surface area contributed by atoms with Gasteiger partial charge in [-0.3, -0.25) is 9.48 Å².